The number of alkyl halides is 3. The number of esters is 1. The Hall–Kier alpha value is -2.16. The molecular formula is C14H12F4N2O2S. The van der Waals surface area contributed by atoms with Crippen molar-refractivity contribution in [3.8, 4) is 0 Å². The molecule has 0 aliphatic carbocycles. The summed E-state index contributed by atoms with van der Waals surface area (Å²) in [6.07, 6.45) is -4.83. The molecule has 1 aromatic rings. The molecule has 0 amide bonds. The van der Waals surface area contributed by atoms with Crippen molar-refractivity contribution in [1.29, 1.82) is 0 Å². The number of hydrogen-bond donors (Lipinski definition) is 2. The van der Waals surface area contributed by atoms with Crippen molar-refractivity contribution in [3.05, 3.63) is 46.9 Å². The Morgan fingerprint density at radius 2 is 1.91 bits per heavy atom. The topological polar surface area (TPSA) is 50.4 Å². The largest absolute Gasteiger partial charge is 0.463 e. The van der Waals surface area contributed by atoms with Crippen LogP contribution < -0.4 is 10.6 Å². The summed E-state index contributed by atoms with van der Waals surface area (Å²) >= 11 is 4.78. The van der Waals surface area contributed by atoms with Crippen LogP contribution in [0.5, 0.6) is 0 Å². The van der Waals surface area contributed by atoms with Gasteiger partial charge in [-0.05, 0) is 36.8 Å². The second kappa shape index (κ2) is 6.53. The number of thiocarbonyl (C=S) groups is 1. The summed E-state index contributed by atoms with van der Waals surface area (Å²) in [5.41, 5.74) is -1.69. The Morgan fingerprint density at radius 3 is 2.43 bits per heavy atom. The molecule has 2 rings (SSSR count). The van der Waals surface area contributed by atoms with Gasteiger partial charge in [0.15, 0.2) is 5.11 Å². The van der Waals surface area contributed by atoms with Crippen molar-refractivity contribution < 1.29 is 27.1 Å². The van der Waals surface area contributed by atoms with Gasteiger partial charge in [-0.2, -0.15) is 13.2 Å². The first-order valence-electron chi connectivity index (χ1n) is 6.55. The van der Waals surface area contributed by atoms with Crippen LogP contribution in [0.4, 0.5) is 17.6 Å². The molecule has 23 heavy (non-hydrogen) atoms. The predicted octanol–water partition coefficient (Wildman–Crippen LogP) is 2.72. The maximum atomic E-state index is 13.2. The van der Waals surface area contributed by atoms with Crippen LogP contribution in [0.2, 0.25) is 0 Å². The summed E-state index contributed by atoms with van der Waals surface area (Å²) in [6, 6.07) is 3.51. The fourth-order valence-electron chi connectivity index (χ4n) is 2.12. The normalized spacial score (nSPS) is 18.3. The van der Waals surface area contributed by atoms with E-state index in [-0.39, 0.29) is 17.3 Å². The van der Waals surface area contributed by atoms with E-state index >= 15 is 0 Å². The van der Waals surface area contributed by atoms with Crippen LogP contribution in [0.25, 0.3) is 0 Å². The number of rotatable bonds is 3. The number of hydrogen-bond acceptors (Lipinski definition) is 3. The Bertz CT molecular complexity index is 656. The van der Waals surface area contributed by atoms with E-state index in [2.05, 4.69) is 5.32 Å². The molecule has 1 heterocycles. The summed E-state index contributed by atoms with van der Waals surface area (Å²) in [5, 5.41) is 4.25. The average molecular weight is 348 g/mol. The van der Waals surface area contributed by atoms with Gasteiger partial charge in [-0.15, -0.1) is 0 Å². The Labute approximate surface area is 134 Å². The highest BCUT2D eigenvalue weighted by Gasteiger charge is 2.44. The molecule has 1 aliphatic rings. The van der Waals surface area contributed by atoms with E-state index < -0.39 is 35.3 Å². The van der Waals surface area contributed by atoms with Crippen molar-refractivity contribution in [2.75, 3.05) is 6.61 Å². The number of halogens is 4. The summed E-state index contributed by atoms with van der Waals surface area (Å²) in [6.45, 7) is 1.39. The van der Waals surface area contributed by atoms with Gasteiger partial charge in [0.05, 0.1) is 18.2 Å². The zero-order chi connectivity index (χ0) is 17.2. The maximum absolute atomic E-state index is 13.2. The molecule has 0 aromatic heterocycles. The highest BCUT2D eigenvalue weighted by molar-refractivity contribution is 7.80. The number of ether oxygens (including phenoxy) is 1. The molecule has 4 nitrogen and oxygen atoms in total. The zero-order valence-electron chi connectivity index (χ0n) is 11.8. The highest BCUT2D eigenvalue weighted by atomic mass is 32.1. The van der Waals surface area contributed by atoms with Crippen molar-refractivity contribution in [1.82, 2.24) is 10.6 Å². The lowest BCUT2D eigenvalue weighted by molar-refractivity contribution is -0.140. The first-order chi connectivity index (χ1) is 10.7. The van der Waals surface area contributed by atoms with Gasteiger partial charge >= 0.3 is 12.1 Å². The lowest BCUT2D eigenvalue weighted by Gasteiger charge is -2.31. The molecule has 0 radical (unpaired) electrons. The molecule has 9 heteroatoms. The standard InChI is InChI=1S/C14H12F4N2O2S/c1-2-22-12(21)9-10(7-3-5-8(15)6-4-7)19-13(23)20-11(9)14(16,17)18/h3-6,10H,2H2,1H3,(H2,19,20,23)/t10-/m0/s1. The fraction of sp³-hybridized carbons (Fsp3) is 0.286. The van der Waals surface area contributed by atoms with Crippen LogP contribution in [0.3, 0.4) is 0 Å². The molecule has 0 bridgehead atoms. The summed E-state index contributed by atoms with van der Waals surface area (Å²) in [5.74, 6) is -1.68. The number of benzene rings is 1. The van der Waals surface area contributed by atoms with E-state index in [4.69, 9.17) is 17.0 Å². The number of allylic oxidation sites excluding steroid dienone is 1. The zero-order valence-corrected chi connectivity index (χ0v) is 12.6. The molecule has 0 unspecified atom stereocenters. The molecule has 0 fully saturated rings. The van der Waals surface area contributed by atoms with E-state index in [1.54, 1.807) is 0 Å². The number of carbonyl (C=O) groups is 1. The van der Waals surface area contributed by atoms with Gasteiger partial charge in [0, 0.05) is 0 Å². The number of nitrogens with one attached hydrogen (secondary N) is 2. The van der Waals surface area contributed by atoms with Gasteiger partial charge < -0.3 is 15.4 Å². The fourth-order valence-corrected chi connectivity index (χ4v) is 2.34. The second-order valence-electron chi connectivity index (χ2n) is 4.59. The van der Waals surface area contributed by atoms with Gasteiger partial charge in [-0.3, -0.25) is 0 Å². The molecule has 2 N–H and O–H groups in total. The average Bonchev–Trinajstić information content (AvgIpc) is 2.46. The molecule has 0 saturated heterocycles. The van der Waals surface area contributed by atoms with E-state index in [9.17, 15) is 22.4 Å². The summed E-state index contributed by atoms with van der Waals surface area (Å²) in [7, 11) is 0. The van der Waals surface area contributed by atoms with E-state index in [1.165, 1.54) is 19.1 Å². The number of carbonyl (C=O) groups excluding carboxylic acids is 1. The van der Waals surface area contributed by atoms with Gasteiger partial charge in [0.2, 0.25) is 0 Å². The summed E-state index contributed by atoms with van der Waals surface area (Å²) < 4.78 is 57.5. The monoisotopic (exact) mass is 348 g/mol. The molecule has 1 atom stereocenters. The minimum absolute atomic E-state index is 0.0892. The quantitative estimate of drug-likeness (QED) is 0.500. The van der Waals surface area contributed by atoms with Crippen LogP contribution in [0.1, 0.15) is 18.5 Å². The first kappa shape index (κ1) is 17.2. The maximum Gasteiger partial charge on any atom is 0.431 e. The van der Waals surface area contributed by atoms with Crippen molar-refractivity contribution in [2.24, 2.45) is 0 Å². The third kappa shape index (κ3) is 3.79. The van der Waals surface area contributed by atoms with Gasteiger partial charge in [0.25, 0.3) is 0 Å². The molecule has 124 valence electrons. The third-order valence-corrected chi connectivity index (χ3v) is 3.27. The van der Waals surface area contributed by atoms with Crippen LogP contribution in [-0.4, -0.2) is 23.9 Å². The van der Waals surface area contributed by atoms with Gasteiger partial charge in [-0.25, -0.2) is 9.18 Å². The Kier molecular flexibility index (Phi) is 4.88. The smallest absolute Gasteiger partial charge is 0.431 e. The molecule has 1 aromatic carbocycles. The predicted molar refractivity (Wildman–Crippen MR) is 77.7 cm³/mol. The van der Waals surface area contributed by atoms with Crippen LogP contribution >= 0.6 is 12.2 Å². The van der Waals surface area contributed by atoms with Crippen LogP contribution in [-0.2, 0) is 9.53 Å². The van der Waals surface area contributed by atoms with Gasteiger partial charge in [-0.1, -0.05) is 12.1 Å². The minimum Gasteiger partial charge on any atom is -0.463 e. The Balaban J connectivity index is 2.59. The second-order valence-corrected chi connectivity index (χ2v) is 5.00. The van der Waals surface area contributed by atoms with Gasteiger partial charge in [0.1, 0.15) is 11.5 Å². The SMILES string of the molecule is CCOC(=O)C1=C(C(F)(F)F)NC(=S)N[C@H]1c1ccc(F)cc1. The molecule has 0 spiro atoms. The van der Waals surface area contributed by atoms with E-state index in [0.29, 0.717) is 0 Å². The van der Waals surface area contributed by atoms with Crippen molar-refractivity contribution in [2.45, 2.75) is 19.1 Å². The van der Waals surface area contributed by atoms with Crippen molar-refractivity contribution in [3.63, 3.8) is 0 Å². The van der Waals surface area contributed by atoms with Crippen LogP contribution in [0.15, 0.2) is 35.5 Å². The lowest BCUT2D eigenvalue weighted by Crippen LogP contribution is -2.49. The summed E-state index contributed by atoms with van der Waals surface area (Å²) in [4.78, 5) is 12.0. The van der Waals surface area contributed by atoms with Crippen LogP contribution in [0, 0.1) is 5.82 Å². The minimum atomic E-state index is -4.83. The lowest BCUT2D eigenvalue weighted by atomic mass is 9.95. The van der Waals surface area contributed by atoms with Crippen molar-refractivity contribution >= 4 is 23.3 Å². The molecule has 1 aliphatic heterocycles. The first-order valence-corrected chi connectivity index (χ1v) is 6.96. The highest BCUT2D eigenvalue weighted by Crippen LogP contribution is 2.35. The van der Waals surface area contributed by atoms with E-state index in [0.717, 1.165) is 12.1 Å². The van der Waals surface area contributed by atoms with E-state index in [1.807, 2.05) is 5.32 Å². The Morgan fingerprint density at radius 1 is 1.30 bits per heavy atom. The molecule has 0 saturated carbocycles. The third-order valence-electron chi connectivity index (χ3n) is 3.05. The molecular weight excluding hydrogens is 336 g/mol.